The Bertz CT molecular complexity index is 363. The number of fused-ring (bicyclic) bond motifs is 1. The van der Waals surface area contributed by atoms with Gasteiger partial charge in [-0.3, -0.25) is 0 Å². The van der Waals surface area contributed by atoms with Gasteiger partial charge in [0.05, 0.1) is 12.2 Å². The predicted molar refractivity (Wildman–Crippen MR) is 67.2 cm³/mol. The topological polar surface area (TPSA) is 24.5 Å². The van der Waals surface area contributed by atoms with Crippen molar-refractivity contribution in [2.45, 2.75) is 26.4 Å². The Labute approximate surface area is 97.4 Å². The molecule has 1 heterocycles. The zero-order chi connectivity index (χ0) is 11.5. The van der Waals surface area contributed by atoms with E-state index in [4.69, 9.17) is 4.74 Å². The molecule has 3 heteroatoms. The lowest BCUT2D eigenvalue weighted by atomic mass is 10.1. The van der Waals surface area contributed by atoms with Crippen LogP contribution in [0.2, 0.25) is 0 Å². The monoisotopic (exact) mass is 220 g/mol. The highest BCUT2D eigenvalue weighted by Gasteiger charge is 2.14. The molecule has 0 unspecified atom stereocenters. The number of nitrogens with one attached hydrogen (secondary N) is 1. The summed E-state index contributed by atoms with van der Waals surface area (Å²) in [6, 6.07) is 6.96. The highest BCUT2D eigenvalue weighted by atomic mass is 16.5. The third-order valence-corrected chi connectivity index (χ3v) is 2.83. The molecule has 1 aliphatic rings. The average Bonchev–Trinajstić information content (AvgIpc) is 2.26. The molecule has 1 aromatic rings. The van der Waals surface area contributed by atoms with Crippen molar-refractivity contribution in [3.63, 3.8) is 0 Å². The van der Waals surface area contributed by atoms with Gasteiger partial charge >= 0.3 is 0 Å². The van der Waals surface area contributed by atoms with Gasteiger partial charge in [0.25, 0.3) is 0 Å². The molecule has 0 spiro atoms. The van der Waals surface area contributed by atoms with E-state index in [0.717, 1.165) is 25.4 Å². The maximum absolute atomic E-state index is 5.67. The molecule has 1 aliphatic heterocycles. The van der Waals surface area contributed by atoms with E-state index in [9.17, 15) is 0 Å². The van der Waals surface area contributed by atoms with Crippen LogP contribution in [-0.4, -0.2) is 26.2 Å². The molecule has 0 aromatic heterocycles. The van der Waals surface area contributed by atoms with Gasteiger partial charge in [0.1, 0.15) is 12.4 Å². The quantitative estimate of drug-likeness (QED) is 0.843. The Morgan fingerprint density at radius 2 is 2.25 bits per heavy atom. The minimum absolute atomic E-state index is 0.514. The van der Waals surface area contributed by atoms with Gasteiger partial charge in [-0.2, -0.15) is 0 Å². The first-order valence-electron chi connectivity index (χ1n) is 5.87. The smallest absolute Gasteiger partial charge is 0.143 e. The number of rotatable bonds is 3. The zero-order valence-corrected chi connectivity index (χ0v) is 10.3. The Morgan fingerprint density at radius 1 is 1.44 bits per heavy atom. The lowest BCUT2D eigenvalue weighted by Gasteiger charge is -2.28. The number of benzene rings is 1. The Hall–Kier alpha value is -1.22. The van der Waals surface area contributed by atoms with Crippen LogP contribution in [0, 0.1) is 0 Å². The Balaban J connectivity index is 2.12. The summed E-state index contributed by atoms with van der Waals surface area (Å²) in [6.07, 6.45) is 0. The SMILES string of the molecule is CC(C)NCc1ccc2c(c1)OCCN2C. The van der Waals surface area contributed by atoms with Gasteiger partial charge in [-0.15, -0.1) is 0 Å². The van der Waals surface area contributed by atoms with Gasteiger partial charge in [-0.05, 0) is 17.7 Å². The molecule has 0 saturated carbocycles. The van der Waals surface area contributed by atoms with Crippen LogP contribution in [0.3, 0.4) is 0 Å². The van der Waals surface area contributed by atoms with Crippen molar-refractivity contribution in [3.8, 4) is 5.75 Å². The lowest BCUT2D eigenvalue weighted by molar-refractivity contribution is 0.311. The van der Waals surface area contributed by atoms with Gasteiger partial charge in [-0.1, -0.05) is 19.9 Å². The van der Waals surface area contributed by atoms with Crippen molar-refractivity contribution in [2.24, 2.45) is 0 Å². The van der Waals surface area contributed by atoms with E-state index in [1.165, 1.54) is 11.3 Å². The summed E-state index contributed by atoms with van der Waals surface area (Å²) in [4.78, 5) is 2.23. The first kappa shape index (κ1) is 11.3. The normalized spacial score (nSPS) is 14.9. The lowest BCUT2D eigenvalue weighted by Crippen LogP contribution is -2.29. The molecule has 88 valence electrons. The largest absolute Gasteiger partial charge is 0.490 e. The molecule has 16 heavy (non-hydrogen) atoms. The summed E-state index contributed by atoms with van der Waals surface area (Å²) in [5.74, 6) is 1.01. The number of hydrogen-bond donors (Lipinski definition) is 1. The van der Waals surface area contributed by atoms with Crippen molar-refractivity contribution in [1.82, 2.24) is 5.32 Å². The summed E-state index contributed by atoms with van der Waals surface area (Å²) in [6.45, 7) is 6.96. The maximum atomic E-state index is 5.67. The van der Waals surface area contributed by atoms with Crippen LogP contribution in [0.5, 0.6) is 5.75 Å². The van der Waals surface area contributed by atoms with Crippen molar-refractivity contribution < 1.29 is 4.74 Å². The fourth-order valence-electron chi connectivity index (χ4n) is 1.83. The Morgan fingerprint density at radius 3 is 3.00 bits per heavy atom. The molecular formula is C13H20N2O. The number of nitrogens with zero attached hydrogens (tertiary/aromatic N) is 1. The van der Waals surface area contributed by atoms with E-state index >= 15 is 0 Å². The number of anilines is 1. The zero-order valence-electron chi connectivity index (χ0n) is 10.3. The minimum atomic E-state index is 0.514. The number of ether oxygens (including phenoxy) is 1. The van der Waals surface area contributed by atoms with E-state index in [-0.39, 0.29) is 0 Å². The van der Waals surface area contributed by atoms with E-state index in [1.807, 2.05) is 0 Å². The van der Waals surface area contributed by atoms with Crippen molar-refractivity contribution >= 4 is 5.69 Å². The van der Waals surface area contributed by atoms with Gasteiger partial charge < -0.3 is 15.0 Å². The molecule has 0 atom stereocenters. The third kappa shape index (κ3) is 2.47. The first-order valence-corrected chi connectivity index (χ1v) is 5.87. The van der Waals surface area contributed by atoms with Crippen molar-refractivity contribution in [1.29, 1.82) is 0 Å². The van der Waals surface area contributed by atoms with Gasteiger partial charge in [0.15, 0.2) is 0 Å². The Kier molecular flexibility index (Phi) is 3.34. The molecule has 1 aromatic carbocycles. The minimum Gasteiger partial charge on any atom is -0.490 e. The fraction of sp³-hybridized carbons (Fsp3) is 0.538. The van der Waals surface area contributed by atoms with Crippen LogP contribution in [-0.2, 0) is 6.54 Å². The second-order valence-electron chi connectivity index (χ2n) is 4.61. The van der Waals surface area contributed by atoms with Gasteiger partial charge in [-0.25, -0.2) is 0 Å². The first-order chi connectivity index (χ1) is 7.66. The van der Waals surface area contributed by atoms with E-state index < -0.39 is 0 Å². The molecule has 0 fully saturated rings. The predicted octanol–water partition coefficient (Wildman–Crippen LogP) is 2.01. The molecule has 0 amide bonds. The second kappa shape index (κ2) is 4.74. The molecule has 0 saturated heterocycles. The van der Waals surface area contributed by atoms with Crippen LogP contribution in [0.1, 0.15) is 19.4 Å². The van der Waals surface area contributed by atoms with Gasteiger partial charge in [0.2, 0.25) is 0 Å². The van der Waals surface area contributed by atoms with E-state index in [0.29, 0.717) is 6.04 Å². The summed E-state index contributed by atoms with van der Waals surface area (Å²) < 4.78 is 5.67. The third-order valence-electron chi connectivity index (χ3n) is 2.83. The average molecular weight is 220 g/mol. The number of hydrogen-bond acceptors (Lipinski definition) is 3. The van der Waals surface area contributed by atoms with Crippen molar-refractivity contribution in [2.75, 3.05) is 25.1 Å². The summed E-state index contributed by atoms with van der Waals surface area (Å²) in [5, 5.41) is 3.41. The highest BCUT2D eigenvalue weighted by Crippen LogP contribution is 2.31. The molecule has 2 rings (SSSR count). The summed E-state index contributed by atoms with van der Waals surface area (Å²) in [7, 11) is 2.10. The summed E-state index contributed by atoms with van der Waals surface area (Å²) in [5.41, 5.74) is 2.47. The molecular weight excluding hydrogens is 200 g/mol. The molecule has 3 nitrogen and oxygen atoms in total. The van der Waals surface area contributed by atoms with E-state index in [1.54, 1.807) is 0 Å². The van der Waals surface area contributed by atoms with Crippen LogP contribution in [0.25, 0.3) is 0 Å². The van der Waals surface area contributed by atoms with E-state index in [2.05, 4.69) is 49.3 Å². The standard InChI is InChI=1S/C13H20N2O/c1-10(2)14-9-11-4-5-12-13(8-11)16-7-6-15(12)3/h4-5,8,10,14H,6-7,9H2,1-3H3. The van der Waals surface area contributed by atoms with Crippen LogP contribution >= 0.6 is 0 Å². The maximum Gasteiger partial charge on any atom is 0.143 e. The summed E-state index contributed by atoms with van der Waals surface area (Å²) >= 11 is 0. The fourth-order valence-corrected chi connectivity index (χ4v) is 1.83. The molecule has 0 radical (unpaired) electrons. The molecule has 0 aliphatic carbocycles. The number of likely N-dealkylation sites (N-methyl/N-ethyl adjacent to an activating group) is 1. The highest BCUT2D eigenvalue weighted by molar-refractivity contribution is 5.60. The molecule has 0 bridgehead atoms. The second-order valence-corrected chi connectivity index (χ2v) is 4.61. The van der Waals surface area contributed by atoms with Crippen LogP contribution < -0.4 is 15.0 Å². The molecule has 1 N–H and O–H groups in total. The van der Waals surface area contributed by atoms with Crippen LogP contribution in [0.4, 0.5) is 5.69 Å². The van der Waals surface area contributed by atoms with Gasteiger partial charge in [0, 0.05) is 19.6 Å². The van der Waals surface area contributed by atoms with Crippen molar-refractivity contribution in [3.05, 3.63) is 23.8 Å². The van der Waals surface area contributed by atoms with Crippen LogP contribution in [0.15, 0.2) is 18.2 Å².